The molecule has 2 heterocycles. The fourth-order valence-corrected chi connectivity index (χ4v) is 3.93. The Morgan fingerprint density at radius 3 is 2.61 bits per heavy atom. The molecule has 0 saturated heterocycles. The molecule has 0 radical (unpaired) electrons. The summed E-state index contributed by atoms with van der Waals surface area (Å²) < 4.78 is 10.4. The third-order valence-electron chi connectivity index (χ3n) is 4.06. The second-order valence-electron chi connectivity index (χ2n) is 5.99. The fourth-order valence-electron chi connectivity index (χ4n) is 2.85. The third kappa shape index (κ3) is 3.75. The van der Waals surface area contributed by atoms with Crippen LogP contribution in [0.1, 0.15) is 31.3 Å². The predicted molar refractivity (Wildman–Crippen MR) is 107 cm³/mol. The van der Waals surface area contributed by atoms with Crippen LogP contribution < -0.4 is 21.3 Å². The molecule has 0 atom stereocenters. The molecule has 9 heteroatoms. The van der Waals surface area contributed by atoms with Gasteiger partial charge in [0.2, 0.25) is 0 Å². The molecule has 4 N–H and O–H groups in total. The molecule has 2 amide bonds. The van der Waals surface area contributed by atoms with Crippen LogP contribution in [-0.2, 0) is 11.3 Å². The summed E-state index contributed by atoms with van der Waals surface area (Å²) in [5, 5.41) is 0.693. The van der Waals surface area contributed by atoms with Gasteiger partial charge in [-0.2, -0.15) is 0 Å². The van der Waals surface area contributed by atoms with Gasteiger partial charge < -0.3 is 15.2 Å². The molecule has 3 rings (SSSR count). The molecule has 1 aromatic carbocycles. The number of ether oxygens (including phenoxy) is 2. The Labute approximate surface area is 165 Å². The SMILES string of the molecule is COCc1cc(C)nc2sc(C(=O)NNC(=O)c3ccccc3OC)c(N)c12. The summed E-state index contributed by atoms with van der Waals surface area (Å²) in [4.78, 5) is 30.3. The van der Waals surface area contributed by atoms with Crippen molar-refractivity contribution in [3.05, 3.63) is 52.0 Å². The zero-order valence-electron chi connectivity index (χ0n) is 15.7. The number of pyridine rings is 1. The van der Waals surface area contributed by atoms with Gasteiger partial charge in [-0.3, -0.25) is 20.4 Å². The number of rotatable bonds is 5. The van der Waals surface area contributed by atoms with E-state index in [-0.39, 0.29) is 4.88 Å². The molecule has 8 nitrogen and oxygen atoms in total. The molecule has 0 fully saturated rings. The number of hydrogen-bond acceptors (Lipinski definition) is 7. The number of anilines is 1. The normalized spacial score (nSPS) is 10.7. The first-order valence-electron chi connectivity index (χ1n) is 8.37. The van der Waals surface area contributed by atoms with Crippen LogP contribution in [0, 0.1) is 6.92 Å². The van der Waals surface area contributed by atoms with Crippen LogP contribution >= 0.6 is 11.3 Å². The maximum atomic E-state index is 12.6. The first-order chi connectivity index (χ1) is 13.5. The lowest BCUT2D eigenvalue weighted by Crippen LogP contribution is -2.41. The number of nitrogen functional groups attached to an aromatic ring is 1. The largest absolute Gasteiger partial charge is 0.496 e. The van der Waals surface area contributed by atoms with Gasteiger partial charge in [0.1, 0.15) is 15.5 Å². The molecule has 0 bridgehead atoms. The summed E-state index contributed by atoms with van der Waals surface area (Å²) in [5.74, 6) is -0.621. The van der Waals surface area contributed by atoms with Gasteiger partial charge in [-0.05, 0) is 30.7 Å². The van der Waals surface area contributed by atoms with Gasteiger partial charge >= 0.3 is 0 Å². The van der Waals surface area contributed by atoms with Crippen molar-refractivity contribution in [3.63, 3.8) is 0 Å². The van der Waals surface area contributed by atoms with E-state index in [1.54, 1.807) is 31.4 Å². The average molecular weight is 400 g/mol. The van der Waals surface area contributed by atoms with E-state index in [1.807, 2.05) is 13.0 Å². The average Bonchev–Trinajstić information content (AvgIpc) is 3.02. The maximum absolute atomic E-state index is 12.6. The second kappa shape index (κ2) is 8.24. The molecule has 0 aliphatic carbocycles. The number of fused-ring (bicyclic) bond motifs is 1. The standard InChI is InChI=1S/C19H20N4O4S/c1-10-8-11(9-26-2)14-15(20)16(28-19(14)21-10)18(25)23-22-17(24)12-6-4-5-7-13(12)27-3/h4-8H,9,20H2,1-3H3,(H,22,24)(H,23,25). The number of aryl methyl sites for hydroxylation is 1. The van der Waals surface area contributed by atoms with E-state index in [1.165, 1.54) is 7.11 Å². The van der Waals surface area contributed by atoms with Crippen molar-refractivity contribution in [1.82, 2.24) is 15.8 Å². The van der Waals surface area contributed by atoms with Crippen LogP contribution in [0.25, 0.3) is 10.2 Å². The highest BCUT2D eigenvalue weighted by Gasteiger charge is 2.21. The van der Waals surface area contributed by atoms with E-state index in [4.69, 9.17) is 15.2 Å². The van der Waals surface area contributed by atoms with Gasteiger partial charge in [0.25, 0.3) is 11.8 Å². The second-order valence-corrected chi connectivity index (χ2v) is 6.99. The number of benzene rings is 1. The van der Waals surface area contributed by atoms with Gasteiger partial charge in [0.05, 0.1) is 25.0 Å². The van der Waals surface area contributed by atoms with Crippen molar-refractivity contribution < 1.29 is 19.1 Å². The first-order valence-corrected chi connectivity index (χ1v) is 9.19. The molecule has 0 aliphatic rings. The van der Waals surface area contributed by atoms with E-state index >= 15 is 0 Å². The molecule has 28 heavy (non-hydrogen) atoms. The quantitative estimate of drug-likeness (QED) is 0.567. The fraction of sp³-hybridized carbons (Fsp3) is 0.211. The van der Waals surface area contributed by atoms with Crippen LogP contribution in [0.4, 0.5) is 5.69 Å². The number of para-hydroxylation sites is 1. The van der Waals surface area contributed by atoms with Crippen molar-refractivity contribution in [3.8, 4) is 5.75 Å². The summed E-state index contributed by atoms with van der Waals surface area (Å²) in [6.07, 6.45) is 0. The molecular formula is C19H20N4O4S. The number of nitrogens with one attached hydrogen (secondary N) is 2. The van der Waals surface area contributed by atoms with Crippen molar-refractivity contribution in [2.24, 2.45) is 0 Å². The predicted octanol–water partition coefficient (Wildman–Crippen LogP) is 2.42. The van der Waals surface area contributed by atoms with Gasteiger partial charge in [0.15, 0.2) is 0 Å². The van der Waals surface area contributed by atoms with E-state index < -0.39 is 11.8 Å². The number of thiophene rings is 1. The van der Waals surface area contributed by atoms with Gasteiger partial charge in [0, 0.05) is 18.2 Å². The van der Waals surface area contributed by atoms with Crippen LogP contribution in [0.3, 0.4) is 0 Å². The number of nitrogens with zero attached hydrogens (tertiary/aromatic N) is 1. The lowest BCUT2D eigenvalue weighted by Gasteiger charge is -2.10. The van der Waals surface area contributed by atoms with E-state index in [2.05, 4.69) is 15.8 Å². The number of nitrogens with two attached hydrogens (primary N) is 1. The van der Waals surface area contributed by atoms with Crippen LogP contribution in [0.2, 0.25) is 0 Å². The Kier molecular flexibility index (Phi) is 5.76. The lowest BCUT2D eigenvalue weighted by molar-refractivity contribution is 0.0847. The Hall–Kier alpha value is -3.17. The van der Waals surface area contributed by atoms with E-state index in [0.29, 0.717) is 33.8 Å². The molecule has 0 saturated carbocycles. The lowest BCUT2D eigenvalue weighted by atomic mass is 10.1. The molecule has 3 aromatic rings. The van der Waals surface area contributed by atoms with Gasteiger partial charge in [-0.25, -0.2) is 4.98 Å². The molecule has 146 valence electrons. The smallest absolute Gasteiger partial charge is 0.281 e. The summed E-state index contributed by atoms with van der Waals surface area (Å²) in [5.41, 5.74) is 13.3. The third-order valence-corrected chi connectivity index (χ3v) is 5.15. The molecule has 0 spiro atoms. The molecule has 2 aromatic heterocycles. The summed E-state index contributed by atoms with van der Waals surface area (Å²) in [6, 6.07) is 8.58. The number of hydrazine groups is 1. The number of aromatic nitrogens is 1. The van der Waals surface area contributed by atoms with Crippen molar-refractivity contribution in [1.29, 1.82) is 0 Å². The summed E-state index contributed by atoms with van der Waals surface area (Å²) >= 11 is 1.16. The maximum Gasteiger partial charge on any atom is 0.281 e. The summed E-state index contributed by atoms with van der Waals surface area (Å²) in [6.45, 7) is 2.22. The Morgan fingerprint density at radius 1 is 1.18 bits per heavy atom. The topological polar surface area (TPSA) is 116 Å². The molecular weight excluding hydrogens is 380 g/mol. The number of hydrogen-bond donors (Lipinski definition) is 3. The Bertz CT molecular complexity index is 1050. The molecule has 0 unspecified atom stereocenters. The minimum atomic E-state index is -0.523. The van der Waals surface area contributed by atoms with Crippen molar-refractivity contribution in [2.75, 3.05) is 20.0 Å². The van der Waals surface area contributed by atoms with Crippen molar-refractivity contribution in [2.45, 2.75) is 13.5 Å². The van der Waals surface area contributed by atoms with Gasteiger partial charge in [-0.15, -0.1) is 11.3 Å². The number of methoxy groups -OCH3 is 2. The van der Waals surface area contributed by atoms with Gasteiger partial charge in [-0.1, -0.05) is 12.1 Å². The zero-order valence-corrected chi connectivity index (χ0v) is 16.5. The van der Waals surface area contributed by atoms with E-state index in [0.717, 1.165) is 22.6 Å². The van der Waals surface area contributed by atoms with Crippen LogP contribution in [-0.4, -0.2) is 31.0 Å². The highest BCUT2D eigenvalue weighted by Crippen LogP contribution is 2.35. The highest BCUT2D eigenvalue weighted by molar-refractivity contribution is 7.21. The van der Waals surface area contributed by atoms with Crippen LogP contribution in [0.15, 0.2) is 30.3 Å². The van der Waals surface area contributed by atoms with Crippen LogP contribution in [0.5, 0.6) is 5.75 Å². The summed E-state index contributed by atoms with van der Waals surface area (Å²) in [7, 11) is 3.06. The Morgan fingerprint density at radius 2 is 1.89 bits per heavy atom. The van der Waals surface area contributed by atoms with E-state index in [9.17, 15) is 9.59 Å². The number of carbonyl (C=O) groups is 2. The zero-order chi connectivity index (χ0) is 20.3. The number of carbonyl (C=O) groups excluding carboxylic acids is 2. The van der Waals surface area contributed by atoms with Crippen molar-refractivity contribution >= 4 is 39.1 Å². The number of amides is 2. The first kappa shape index (κ1) is 19.6. The minimum absolute atomic E-state index is 0.269. The highest BCUT2D eigenvalue weighted by atomic mass is 32.1. The minimum Gasteiger partial charge on any atom is -0.496 e. The monoisotopic (exact) mass is 400 g/mol. The Balaban J connectivity index is 1.83. The molecule has 0 aliphatic heterocycles.